The SMILES string of the molecule is CCC(=O)N[C@H]1CC[C@@H](N(C)C(=O)c2ccc(C3=Cc4cc[nH]c4CC3C)c(F)c2)C1. The van der Waals surface area contributed by atoms with Crippen molar-refractivity contribution >= 4 is 23.5 Å². The zero-order chi connectivity index (χ0) is 22.1. The maximum Gasteiger partial charge on any atom is 0.253 e. The van der Waals surface area contributed by atoms with E-state index in [1.807, 2.05) is 25.3 Å². The summed E-state index contributed by atoms with van der Waals surface area (Å²) in [4.78, 5) is 29.6. The molecule has 1 aromatic carbocycles. The van der Waals surface area contributed by atoms with Gasteiger partial charge >= 0.3 is 0 Å². The highest BCUT2D eigenvalue weighted by molar-refractivity contribution is 5.95. The molecule has 1 fully saturated rings. The Hall–Kier alpha value is -2.89. The normalized spacial score (nSPS) is 22.6. The average molecular weight is 424 g/mol. The van der Waals surface area contributed by atoms with Crippen molar-refractivity contribution in [3.05, 3.63) is 58.7 Å². The summed E-state index contributed by atoms with van der Waals surface area (Å²) in [5, 5.41) is 3.01. The van der Waals surface area contributed by atoms with Crippen molar-refractivity contribution in [1.29, 1.82) is 0 Å². The second-order valence-corrected chi connectivity index (χ2v) is 8.81. The van der Waals surface area contributed by atoms with Crippen LogP contribution in [-0.2, 0) is 11.2 Å². The molecule has 2 aliphatic carbocycles. The molecule has 2 aliphatic rings. The van der Waals surface area contributed by atoms with Crippen LogP contribution < -0.4 is 5.32 Å². The first-order valence-corrected chi connectivity index (χ1v) is 11.1. The van der Waals surface area contributed by atoms with Gasteiger partial charge in [0.15, 0.2) is 0 Å². The molecular formula is C25H30FN3O2. The molecule has 0 spiro atoms. The monoisotopic (exact) mass is 423 g/mol. The molecule has 31 heavy (non-hydrogen) atoms. The summed E-state index contributed by atoms with van der Waals surface area (Å²) in [5.41, 5.74) is 4.15. The van der Waals surface area contributed by atoms with Gasteiger partial charge in [-0.15, -0.1) is 0 Å². The Morgan fingerprint density at radius 3 is 2.81 bits per heavy atom. The second-order valence-electron chi connectivity index (χ2n) is 8.81. The van der Waals surface area contributed by atoms with Crippen molar-refractivity contribution in [2.75, 3.05) is 7.05 Å². The van der Waals surface area contributed by atoms with Gasteiger partial charge in [0.05, 0.1) is 0 Å². The van der Waals surface area contributed by atoms with Gasteiger partial charge in [-0.25, -0.2) is 4.39 Å². The van der Waals surface area contributed by atoms with Crippen LogP contribution in [0.5, 0.6) is 0 Å². The smallest absolute Gasteiger partial charge is 0.253 e. The van der Waals surface area contributed by atoms with Gasteiger partial charge in [0.2, 0.25) is 5.91 Å². The third-order valence-electron chi connectivity index (χ3n) is 6.71. The number of benzene rings is 1. The van der Waals surface area contributed by atoms with E-state index in [4.69, 9.17) is 0 Å². The fourth-order valence-electron chi connectivity index (χ4n) is 4.82. The topological polar surface area (TPSA) is 65.2 Å². The lowest BCUT2D eigenvalue weighted by molar-refractivity contribution is -0.121. The summed E-state index contributed by atoms with van der Waals surface area (Å²) < 4.78 is 15.1. The number of hydrogen-bond acceptors (Lipinski definition) is 2. The van der Waals surface area contributed by atoms with Gasteiger partial charge in [-0.2, -0.15) is 0 Å². The molecule has 2 aromatic rings. The van der Waals surface area contributed by atoms with Crippen molar-refractivity contribution in [2.45, 2.75) is 58.0 Å². The Labute approximate surface area is 182 Å². The van der Waals surface area contributed by atoms with Gasteiger partial charge in [0, 0.05) is 48.6 Å². The summed E-state index contributed by atoms with van der Waals surface area (Å²) in [7, 11) is 1.77. The molecule has 6 heteroatoms. The number of aromatic amines is 1. The number of H-pyrrole nitrogens is 1. The third-order valence-corrected chi connectivity index (χ3v) is 6.71. The lowest BCUT2D eigenvalue weighted by Crippen LogP contribution is -2.38. The number of fused-ring (bicyclic) bond motifs is 1. The van der Waals surface area contributed by atoms with Gasteiger partial charge in [-0.1, -0.05) is 19.9 Å². The van der Waals surface area contributed by atoms with Gasteiger partial charge in [0.1, 0.15) is 5.82 Å². The Morgan fingerprint density at radius 1 is 1.26 bits per heavy atom. The molecule has 0 saturated heterocycles. The van der Waals surface area contributed by atoms with Crippen LogP contribution in [0.4, 0.5) is 4.39 Å². The molecular weight excluding hydrogens is 393 g/mol. The highest BCUT2D eigenvalue weighted by Crippen LogP contribution is 2.35. The zero-order valence-corrected chi connectivity index (χ0v) is 18.4. The number of amides is 2. The maximum absolute atomic E-state index is 15.1. The van der Waals surface area contributed by atoms with Gasteiger partial charge in [-0.05, 0) is 67.0 Å². The Balaban J connectivity index is 1.48. The maximum atomic E-state index is 15.1. The summed E-state index contributed by atoms with van der Waals surface area (Å²) >= 11 is 0. The van der Waals surface area contributed by atoms with Crippen molar-refractivity contribution < 1.29 is 14.0 Å². The zero-order valence-electron chi connectivity index (χ0n) is 18.4. The molecule has 4 rings (SSSR count). The lowest BCUT2D eigenvalue weighted by atomic mass is 9.84. The van der Waals surface area contributed by atoms with E-state index in [0.717, 1.165) is 36.8 Å². The van der Waals surface area contributed by atoms with E-state index >= 15 is 4.39 Å². The van der Waals surface area contributed by atoms with Crippen LogP contribution in [0.15, 0.2) is 30.5 Å². The van der Waals surface area contributed by atoms with E-state index < -0.39 is 0 Å². The Morgan fingerprint density at radius 2 is 2.06 bits per heavy atom. The fraction of sp³-hybridized carbons (Fsp3) is 0.440. The summed E-state index contributed by atoms with van der Waals surface area (Å²) in [6.07, 6.45) is 7.67. The van der Waals surface area contributed by atoms with E-state index in [2.05, 4.69) is 17.2 Å². The molecule has 1 aromatic heterocycles. The molecule has 1 unspecified atom stereocenters. The Bertz CT molecular complexity index is 1030. The van der Waals surface area contributed by atoms with Crippen LogP contribution >= 0.6 is 0 Å². The number of nitrogens with one attached hydrogen (secondary N) is 2. The molecule has 1 heterocycles. The fourth-order valence-corrected chi connectivity index (χ4v) is 4.82. The standard InChI is InChI=1S/C25H30FN3O2/c1-4-24(30)28-18-6-7-19(14-18)29(3)25(31)17-5-8-20(22(26)13-17)21-12-16-9-10-27-23(16)11-15(21)2/h5,8-10,12-13,15,18-19,27H,4,6-7,11,14H2,1-3H3,(H,28,30)/t15?,18-,19+/m0/s1. The number of aromatic nitrogens is 1. The molecule has 1 saturated carbocycles. The minimum absolute atomic E-state index is 0.0373. The van der Waals surface area contributed by atoms with Crippen LogP contribution in [0.3, 0.4) is 0 Å². The minimum atomic E-state index is -0.365. The number of hydrogen-bond donors (Lipinski definition) is 2. The van der Waals surface area contributed by atoms with Crippen molar-refractivity contribution in [2.24, 2.45) is 5.92 Å². The summed E-state index contributed by atoms with van der Waals surface area (Å²) in [5.74, 6) is -0.318. The minimum Gasteiger partial charge on any atom is -0.364 e. The highest BCUT2D eigenvalue weighted by Gasteiger charge is 2.31. The van der Waals surface area contributed by atoms with E-state index in [9.17, 15) is 9.59 Å². The van der Waals surface area contributed by atoms with Gasteiger partial charge in [-0.3, -0.25) is 9.59 Å². The van der Waals surface area contributed by atoms with Gasteiger partial charge < -0.3 is 15.2 Å². The molecule has 0 aliphatic heterocycles. The number of nitrogens with zero attached hydrogens (tertiary/aromatic N) is 1. The van der Waals surface area contributed by atoms with Crippen LogP contribution in [0.25, 0.3) is 11.6 Å². The number of halogens is 1. The van der Waals surface area contributed by atoms with Crippen LogP contribution in [-0.4, -0.2) is 40.8 Å². The number of carbonyl (C=O) groups is 2. The number of rotatable bonds is 5. The predicted octanol–water partition coefficient (Wildman–Crippen LogP) is 4.41. The third kappa shape index (κ3) is 4.29. The second kappa shape index (κ2) is 8.69. The van der Waals surface area contributed by atoms with Crippen molar-refractivity contribution in [3.8, 4) is 0 Å². The van der Waals surface area contributed by atoms with Crippen molar-refractivity contribution in [1.82, 2.24) is 15.2 Å². The molecule has 0 bridgehead atoms. The van der Waals surface area contributed by atoms with Crippen LogP contribution in [0, 0.1) is 11.7 Å². The molecule has 5 nitrogen and oxygen atoms in total. The van der Waals surface area contributed by atoms with E-state index in [0.29, 0.717) is 17.5 Å². The molecule has 164 valence electrons. The van der Waals surface area contributed by atoms with Crippen LogP contribution in [0.1, 0.15) is 66.7 Å². The van der Waals surface area contributed by atoms with Crippen molar-refractivity contribution in [3.63, 3.8) is 0 Å². The predicted molar refractivity (Wildman–Crippen MR) is 120 cm³/mol. The summed E-state index contributed by atoms with van der Waals surface area (Å²) in [6, 6.07) is 6.97. The largest absolute Gasteiger partial charge is 0.364 e. The molecule has 3 atom stereocenters. The number of carbonyl (C=O) groups excluding carboxylic acids is 2. The average Bonchev–Trinajstić information content (AvgIpc) is 3.41. The first kappa shape index (κ1) is 21.3. The lowest BCUT2D eigenvalue weighted by Gasteiger charge is -2.25. The first-order chi connectivity index (χ1) is 14.9. The Kier molecular flexibility index (Phi) is 5.99. The highest BCUT2D eigenvalue weighted by atomic mass is 19.1. The quantitative estimate of drug-likeness (QED) is 0.748. The van der Waals surface area contributed by atoms with E-state index in [-0.39, 0.29) is 35.6 Å². The molecule has 2 N–H and O–H groups in total. The number of allylic oxidation sites excluding steroid dienone is 1. The van der Waals surface area contributed by atoms with E-state index in [1.165, 1.54) is 11.8 Å². The van der Waals surface area contributed by atoms with Crippen LogP contribution in [0.2, 0.25) is 0 Å². The summed E-state index contributed by atoms with van der Waals surface area (Å²) in [6.45, 7) is 3.92. The first-order valence-electron chi connectivity index (χ1n) is 11.1. The van der Waals surface area contributed by atoms with E-state index in [1.54, 1.807) is 24.1 Å². The molecule has 0 radical (unpaired) electrons. The van der Waals surface area contributed by atoms with Gasteiger partial charge in [0.25, 0.3) is 5.91 Å². The molecule has 2 amide bonds.